The molecule has 1 fully saturated rings. The lowest BCUT2D eigenvalue weighted by Crippen LogP contribution is -2.32. The van der Waals surface area contributed by atoms with Crippen molar-refractivity contribution in [1.82, 2.24) is 14.5 Å². The summed E-state index contributed by atoms with van der Waals surface area (Å²) in [4.78, 5) is 6.82. The van der Waals surface area contributed by atoms with E-state index in [1.54, 1.807) is 21.3 Å². The number of ether oxygens (including phenoxy) is 4. The first-order valence-electron chi connectivity index (χ1n) is 9.66. The minimum absolute atomic E-state index is 0.264. The number of rotatable bonds is 9. The molecule has 1 aromatic carbocycles. The molecule has 3 rings (SSSR count). The number of methoxy groups -OCH3 is 3. The zero-order valence-electron chi connectivity index (χ0n) is 17.5. The molecule has 28 heavy (non-hydrogen) atoms. The molecule has 1 atom stereocenters. The molecule has 7 heteroatoms. The third kappa shape index (κ3) is 4.42. The molecule has 0 aliphatic carbocycles. The van der Waals surface area contributed by atoms with Gasteiger partial charge in [-0.2, -0.15) is 0 Å². The topological polar surface area (TPSA) is 58.0 Å². The van der Waals surface area contributed by atoms with Crippen LogP contribution < -0.4 is 14.2 Å². The lowest BCUT2D eigenvalue weighted by molar-refractivity contribution is 0.0668. The first kappa shape index (κ1) is 20.5. The number of nitrogens with zero attached hydrogens (tertiary/aromatic N) is 3. The van der Waals surface area contributed by atoms with Gasteiger partial charge in [-0.05, 0) is 25.8 Å². The van der Waals surface area contributed by atoms with Gasteiger partial charge in [0, 0.05) is 45.0 Å². The molecule has 1 aliphatic rings. The second-order valence-corrected chi connectivity index (χ2v) is 7.15. The Morgan fingerprint density at radius 3 is 2.50 bits per heavy atom. The van der Waals surface area contributed by atoms with Crippen LogP contribution in [-0.2, 0) is 24.9 Å². The number of aromatic nitrogens is 2. The standard InChI is InChI=1S/C21H31N3O4/c1-15-22-11-17(23(15)2)13-24(14-18-7-6-10-28-18)12-16-8-9-19(25-3)21(27-5)20(16)26-4/h8-9,11,18H,6-7,10,12-14H2,1-5H3/t18-/m0/s1. The lowest BCUT2D eigenvalue weighted by atomic mass is 10.1. The Labute approximate surface area is 167 Å². The van der Waals surface area contributed by atoms with Crippen LogP contribution in [0, 0.1) is 6.92 Å². The molecule has 1 aliphatic heterocycles. The monoisotopic (exact) mass is 389 g/mol. The fourth-order valence-corrected chi connectivity index (χ4v) is 3.71. The van der Waals surface area contributed by atoms with Gasteiger partial charge in [0.2, 0.25) is 5.75 Å². The molecular weight excluding hydrogens is 358 g/mol. The zero-order valence-corrected chi connectivity index (χ0v) is 17.5. The van der Waals surface area contributed by atoms with Gasteiger partial charge in [0.05, 0.1) is 33.1 Å². The number of hydrogen-bond donors (Lipinski definition) is 0. The van der Waals surface area contributed by atoms with Gasteiger partial charge in [0.1, 0.15) is 5.82 Å². The van der Waals surface area contributed by atoms with Crippen LogP contribution in [0.3, 0.4) is 0 Å². The van der Waals surface area contributed by atoms with Crippen molar-refractivity contribution in [3.8, 4) is 17.2 Å². The molecule has 2 heterocycles. The van der Waals surface area contributed by atoms with E-state index in [0.29, 0.717) is 23.8 Å². The van der Waals surface area contributed by atoms with Crippen LogP contribution in [0.2, 0.25) is 0 Å². The Morgan fingerprint density at radius 1 is 1.14 bits per heavy atom. The van der Waals surface area contributed by atoms with Crippen molar-refractivity contribution in [2.75, 3.05) is 34.5 Å². The summed E-state index contributed by atoms with van der Waals surface area (Å²) >= 11 is 0. The van der Waals surface area contributed by atoms with E-state index in [2.05, 4.69) is 21.5 Å². The average Bonchev–Trinajstić information content (AvgIpc) is 3.32. The van der Waals surface area contributed by atoms with Crippen LogP contribution in [-0.4, -0.2) is 55.0 Å². The summed E-state index contributed by atoms with van der Waals surface area (Å²) in [6, 6.07) is 3.96. The van der Waals surface area contributed by atoms with E-state index in [1.807, 2.05) is 25.3 Å². The Hall–Kier alpha value is -2.25. The van der Waals surface area contributed by atoms with Gasteiger partial charge in [-0.3, -0.25) is 4.90 Å². The maximum absolute atomic E-state index is 5.89. The lowest BCUT2D eigenvalue weighted by Gasteiger charge is -2.26. The Morgan fingerprint density at radius 2 is 1.93 bits per heavy atom. The predicted molar refractivity (Wildman–Crippen MR) is 107 cm³/mol. The van der Waals surface area contributed by atoms with E-state index in [-0.39, 0.29) is 6.10 Å². The molecule has 0 N–H and O–H groups in total. The van der Waals surface area contributed by atoms with Crippen LogP contribution in [0.15, 0.2) is 18.3 Å². The number of imidazole rings is 1. The molecule has 1 saturated heterocycles. The molecule has 0 amide bonds. The van der Waals surface area contributed by atoms with Gasteiger partial charge in [-0.1, -0.05) is 6.07 Å². The van der Waals surface area contributed by atoms with Crippen molar-refractivity contribution in [2.45, 2.75) is 39.0 Å². The fraction of sp³-hybridized carbons (Fsp3) is 0.571. The summed E-state index contributed by atoms with van der Waals surface area (Å²) < 4.78 is 24.7. The maximum Gasteiger partial charge on any atom is 0.203 e. The van der Waals surface area contributed by atoms with Crippen LogP contribution in [0.4, 0.5) is 0 Å². The largest absolute Gasteiger partial charge is 0.493 e. The molecule has 0 unspecified atom stereocenters. The molecule has 7 nitrogen and oxygen atoms in total. The molecular formula is C21H31N3O4. The van der Waals surface area contributed by atoms with Crippen molar-refractivity contribution >= 4 is 0 Å². The van der Waals surface area contributed by atoms with E-state index in [0.717, 1.165) is 43.9 Å². The van der Waals surface area contributed by atoms with E-state index in [1.165, 1.54) is 5.69 Å². The Bertz CT molecular complexity index is 784. The number of benzene rings is 1. The summed E-state index contributed by atoms with van der Waals surface area (Å²) in [5.74, 6) is 3.00. The maximum atomic E-state index is 5.89. The highest BCUT2D eigenvalue weighted by Crippen LogP contribution is 2.40. The molecule has 154 valence electrons. The third-order valence-corrected chi connectivity index (χ3v) is 5.37. The Balaban J connectivity index is 1.86. The van der Waals surface area contributed by atoms with Crippen molar-refractivity contribution < 1.29 is 18.9 Å². The predicted octanol–water partition coefficient (Wildman–Crippen LogP) is 2.94. The molecule has 1 aromatic heterocycles. The van der Waals surface area contributed by atoms with Crippen LogP contribution in [0.1, 0.15) is 29.9 Å². The summed E-state index contributed by atoms with van der Waals surface area (Å²) in [7, 11) is 6.98. The molecule has 0 spiro atoms. The normalized spacial score (nSPS) is 16.6. The van der Waals surface area contributed by atoms with E-state index in [9.17, 15) is 0 Å². The van der Waals surface area contributed by atoms with Gasteiger partial charge in [0.25, 0.3) is 0 Å². The van der Waals surface area contributed by atoms with Gasteiger partial charge in [-0.15, -0.1) is 0 Å². The first-order valence-corrected chi connectivity index (χ1v) is 9.66. The van der Waals surface area contributed by atoms with Gasteiger partial charge in [-0.25, -0.2) is 4.98 Å². The number of aryl methyl sites for hydroxylation is 1. The van der Waals surface area contributed by atoms with Gasteiger partial charge < -0.3 is 23.5 Å². The van der Waals surface area contributed by atoms with Crippen LogP contribution in [0.25, 0.3) is 0 Å². The average molecular weight is 389 g/mol. The molecule has 0 radical (unpaired) electrons. The van der Waals surface area contributed by atoms with E-state index < -0.39 is 0 Å². The second-order valence-electron chi connectivity index (χ2n) is 7.15. The van der Waals surface area contributed by atoms with Gasteiger partial charge >= 0.3 is 0 Å². The summed E-state index contributed by atoms with van der Waals surface area (Å²) in [5.41, 5.74) is 2.23. The second kappa shape index (κ2) is 9.30. The third-order valence-electron chi connectivity index (χ3n) is 5.37. The fourth-order valence-electron chi connectivity index (χ4n) is 3.71. The quantitative estimate of drug-likeness (QED) is 0.657. The SMILES string of the molecule is COc1ccc(CN(Cc2cnc(C)n2C)C[C@@H]2CCCO2)c(OC)c1OC. The minimum Gasteiger partial charge on any atom is -0.493 e. The Kier molecular flexibility index (Phi) is 6.80. The minimum atomic E-state index is 0.264. The van der Waals surface area contributed by atoms with Crippen LogP contribution >= 0.6 is 0 Å². The van der Waals surface area contributed by atoms with Crippen molar-refractivity contribution in [3.05, 3.63) is 35.4 Å². The van der Waals surface area contributed by atoms with Crippen molar-refractivity contribution in [1.29, 1.82) is 0 Å². The molecule has 0 bridgehead atoms. The van der Waals surface area contributed by atoms with E-state index in [4.69, 9.17) is 18.9 Å². The molecule has 2 aromatic rings. The van der Waals surface area contributed by atoms with Crippen molar-refractivity contribution in [3.63, 3.8) is 0 Å². The molecule has 0 saturated carbocycles. The van der Waals surface area contributed by atoms with Crippen LogP contribution in [0.5, 0.6) is 17.2 Å². The zero-order chi connectivity index (χ0) is 20.1. The highest BCUT2D eigenvalue weighted by molar-refractivity contribution is 5.55. The van der Waals surface area contributed by atoms with E-state index >= 15 is 0 Å². The van der Waals surface area contributed by atoms with Crippen molar-refractivity contribution in [2.24, 2.45) is 7.05 Å². The first-order chi connectivity index (χ1) is 13.6. The number of hydrogen-bond acceptors (Lipinski definition) is 6. The highest BCUT2D eigenvalue weighted by atomic mass is 16.5. The van der Waals surface area contributed by atoms with Gasteiger partial charge in [0.15, 0.2) is 11.5 Å². The summed E-state index contributed by atoms with van der Waals surface area (Å²) in [5, 5.41) is 0. The summed E-state index contributed by atoms with van der Waals surface area (Å²) in [6.45, 7) is 5.23. The smallest absolute Gasteiger partial charge is 0.203 e. The summed E-state index contributed by atoms with van der Waals surface area (Å²) in [6.07, 6.45) is 4.44. The highest BCUT2D eigenvalue weighted by Gasteiger charge is 2.23.